The maximum Gasteiger partial charge on any atom is 0.314 e. The van der Waals surface area contributed by atoms with E-state index in [1.54, 1.807) is 13.0 Å². The van der Waals surface area contributed by atoms with Crippen LogP contribution in [0.25, 0.3) is 0 Å². The van der Waals surface area contributed by atoms with E-state index in [2.05, 4.69) is 15.6 Å². The predicted molar refractivity (Wildman–Crippen MR) is 91.8 cm³/mol. The van der Waals surface area contributed by atoms with Crippen molar-refractivity contribution in [1.29, 1.82) is 0 Å². The van der Waals surface area contributed by atoms with Gasteiger partial charge >= 0.3 is 17.8 Å². The maximum absolute atomic E-state index is 12.0. The van der Waals surface area contributed by atoms with E-state index in [0.29, 0.717) is 30.9 Å². The number of halogens is 1. The van der Waals surface area contributed by atoms with Gasteiger partial charge in [0.2, 0.25) is 0 Å². The number of pyridine rings is 1. The largest absolute Gasteiger partial charge is 0.466 e. The van der Waals surface area contributed by atoms with Gasteiger partial charge in [-0.2, -0.15) is 0 Å². The quantitative estimate of drug-likeness (QED) is 0.534. The van der Waals surface area contributed by atoms with Gasteiger partial charge in [-0.3, -0.25) is 14.4 Å². The molecule has 0 aliphatic heterocycles. The van der Waals surface area contributed by atoms with Gasteiger partial charge in [0, 0.05) is 18.3 Å². The normalized spacial score (nSPS) is 22.8. The Balaban J connectivity index is 1.85. The molecule has 0 bridgehead atoms. The summed E-state index contributed by atoms with van der Waals surface area (Å²) in [7, 11) is 0. The zero-order valence-electron chi connectivity index (χ0n) is 13.8. The third kappa shape index (κ3) is 5.40. The molecule has 0 radical (unpaired) electrons. The molecular formula is C16H21ClN4O4. The molecule has 136 valence electrons. The van der Waals surface area contributed by atoms with Gasteiger partial charge < -0.3 is 21.1 Å². The molecule has 0 unspecified atom stereocenters. The number of anilines is 1. The van der Waals surface area contributed by atoms with Crippen molar-refractivity contribution in [2.24, 2.45) is 11.7 Å². The van der Waals surface area contributed by atoms with E-state index in [0.717, 1.165) is 0 Å². The Morgan fingerprint density at radius 1 is 1.32 bits per heavy atom. The van der Waals surface area contributed by atoms with Crippen molar-refractivity contribution in [1.82, 2.24) is 10.3 Å². The molecule has 3 atom stereocenters. The van der Waals surface area contributed by atoms with Crippen LogP contribution in [0, 0.1) is 5.92 Å². The standard InChI is InChI=1S/C16H21ClN4O4/c1-2-25-16(24)9-3-5-12(11(18)7-9)20-14(22)15(23)21-13-6-4-10(17)8-19-13/h4,6,8-9,11-12H,2-3,5,7,18H2,1H3,(H,20,22)(H,19,21,23)/t9-,11+,12-/m0/s1. The molecule has 25 heavy (non-hydrogen) atoms. The number of carbonyl (C=O) groups excluding carboxylic acids is 3. The van der Waals surface area contributed by atoms with E-state index in [4.69, 9.17) is 22.1 Å². The van der Waals surface area contributed by atoms with Crippen LogP contribution in [0.5, 0.6) is 0 Å². The van der Waals surface area contributed by atoms with Crippen molar-refractivity contribution >= 4 is 35.2 Å². The Hall–Kier alpha value is -2.19. The van der Waals surface area contributed by atoms with Gasteiger partial charge in [0.05, 0.1) is 17.5 Å². The average molecular weight is 369 g/mol. The fourth-order valence-electron chi connectivity index (χ4n) is 2.72. The number of ether oxygens (including phenoxy) is 1. The van der Waals surface area contributed by atoms with Crippen molar-refractivity contribution in [2.45, 2.75) is 38.3 Å². The molecule has 2 amide bonds. The lowest BCUT2D eigenvalue weighted by molar-refractivity contribution is -0.149. The highest BCUT2D eigenvalue weighted by Crippen LogP contribution is 2.25. The number of hydrogen-bond donors (Lipinski definition) is 3. The molecule has 1 aromatic rings. The van der Waals surface area contributed by atoms with E-state index >= 15 is 0 Å². The van der Waals surface area contributed by atoms with Gasteiger partial charge in [0.15, 0.2) is 0 Å². The molecule has 9 heteroatoms. The summed E-state index contributed by atoms with van der Waals surface area (Å²) in [6.45, 7) is 2.07. The summed E-state index contributed by atoms with van der Waals surface area (Å²) < 4.78 is 5.00. The third-order valence-corrected chi connectivity index (χ3v) is 4.23. The lowest BCUT2D eigenvalue weighted by Gasteiger charge is -2.33. The van der Waals surface area contributed by atoms with Crippen LogP contribution in [-0.4, -0.2) is 41.5 Å². The van der Waals surface area contributed by atoms with Crippen LogP contribution in [0.3, 0.4) is 0 Å². The number of aromatic nitrogens is 1. The van der Waals surface area contributed by atoms with Crippen LogP contribution >= 0.6 is 11.6 Å². The minimum absolute atomic E-state index is 0.222. The number of carbonyl (C=O) groups is 3. The number of hydrogen-bond acceptors (Lipinski definition) is 6. The first kappa shape index (κ1) is 19.1. The van der Waals surface area contributed by atoms with Crippen molar-refractivity contribution in [2.75, 3.05) is 11.9 Å². The average Bonchev–Trinajstić information content (AvgIpc) is 2.58. The number of nitrogens with one attached hydrogen (secondary N) is 2. The van der Waals surface area contributed by atoms with Crippen molar-refractivity contribution in [3.63, 3.8) is 0 Å². The van der Waals surface area contributed by atoms with Crippen LogP contribution in [0.15, 0.2) is 18.3 Å². The molecule has 0 spiro atoms. The molecule has 0 aromatic carbocycles. The summed E-state index contributed by atoms with van der Waals surface area (Å²) in [5.74, 6) is -1.95. The second-order valence-corrected chi connectivity index (χ2v) is 6.26. The molecule has 1 aliphatic carbocycles. The molecule has 1 fully saturated rings. The fraction of sp³-hybridized carbons (Fsp3) is 0.500. The third-order valence-electron chi connectivity index (χ3n) is 4.01. The van der Waals surface area contributed by atoms with Crippen LogP contribution in [0.2, 0.25) is 5.02 Å². The first-order valence-electron chi connectivity index (χ1n) is 8.06. The predicted octanol–water partition coefficient (Wildman–Crippen LogP) is 0.849. The minimum atomic E-state index is -0.838. The Labute approximate surface area is 150 Å². The molecule has 1 aliphatic rings. The van der Waals surface area contributed by atoms with Crippen LogP contribution < -0.4 is 16.4 Å². The zero-order chi connectivity index (χ0) is 18.4. The SMILES string of the molecule is CCOC(=O)[C@H]1CC[C@H](NC(=O)C(=O)Nc2ccc(Cl)cn2)[C@H](N)C1. The lowest BCUT2D eigenvalue weighted by Crippen LogP contribution is -2.54. The number of esters is 1. The van der Waals surface area contributed by atoms with E-state index in [1.807, 2.05) is 0 Å². The second-order valence-electron chi connectivity index (χ2n) is 5.82. The molecule has 2 rings (SSSR count). The number of nitrogens with zero attached hydrogens (tertiary/aromatic N) is 1. The highest BCUT2D eigenvalue weighted by atomic mass is 35.5. The van der Waals surface area contributed by atoms with Gasteiger partial charge in [0.25, 0.3) is 0 Å². The van der Waals surface area contributed by atoms with Gasteiger partial charge in [-0.05, 0) is 38.3 Å². The Kier molecular flexibility index (Phi) is 6.72. The highest BCUT2D eigenvalue weighted by molar-refractivity contribution is 6.39. The molecule has 0 saturated heterocycles. The maximum atomic E-state index is 12.0. The number of rotatable bonds is 4. The zero-order valence-corrected chi connectivity index (χ0v) is 14.6. The van der Waals surface area contributed by atoms with Crippen molar-refractivity contribution < 1.29 is 19.1 Å². The van der Waals surface area contributed by atoms with Gasteiger partial charge in [-0.15, -0.1) is 0 Å². The highest BCUT2D eigenvalue weighted by Gasteiger charge is 2.34. The smallest absolute Gasteiger partial charge is 0.314 e. The Morgan fingerprint density at radius 3 is 2.68 bits per heavy atom. The minimum Gasteiger partial charge on any atom is -0.466 e. The lowest BCUT2D eigenvalue weighted by atomic mass is 9.82. The second kappa shape index (κ2) is 8.77. The van der Waals surface area contributed by atoms with E-state index in [-0.39, 0.29) is 23.7 Å². The first-order valence-corrected chi connectivity index (χ1v) is 8.44. The number of nitrogens with two attached hydrogens (primary N) is 1. The van der Waals surface area contributed by atoms with Gasteiger partial charge in [-0.25, -0.2) is 4.98 Å². The number of amides is 2. The summed E-state index contributed by atoms with van der Waals surface area (Å²) >= 11 is 5.71. The molecular weight excluding hydrogens is 348 g/mol. The summed E-state index contributed by atoms with van der Waals surface area (Å²) in [5, 5.41) is 5.41. The van der Waals surface area contributed by atoms with E-state index < -0.39 is 17.9 Å². The monoisotopic (exact) mass is 368 g/mol. The molecule has 1 heterocycles. The molecule has 8 nitrogen and oxygen atoms in total. The summed E-state index contributed by atoms with van der Waals surface area (Å²) in [4.78, 5) is 39.6. The Morgan fingerprint density at radius 2 is 2.08 bits per heavy atom. The van der Waals surface area contributed by atoms with Gasteiger partial charge in [-0.1, -0.05) is 11.6 Å². The van der Waals surface area contributed by atoms with E-state index in [1.165, 1.54) is 12.3 Å². The topological polar surface area (TPSA) is 123 Å². The van der Waals surface area contributed by atoms with Crippen molar-refractivity contribution in [3.05, 3.63) is 23.4 Å². The first-order chi connectivity index (χ1) is 11.9. The van der Waals surface area contributed by atoms with Crippen LogP contribution in [0.1, 0.15) is 26.2 Å². The molecule has 1 saturated carbocycles. The summed E-state index contributed by atoms with van der Waals surface area (Å²) in [6.07, 6.45) is 2.83. The molecule has 4 N–H and O–H groups in total. The van der Waals surface area contributed by atoms with Gasteiger partial charge in [0.1, 0.15) is 5.82 Å². The Bertz CT molecular complexity index is 638. The van der Waals surface area contributed by atoms with Crippen LogP contribution in [-0.2, 0) is 19.1 Å². The van der Waals surface area contributed by atoms with Crippen LogP contribution in [0.4, 0.5) is 5.82 Å². The fourth-order valence-corrected chi connectivity index (χ4v) is 2.83. The summed E-state index contributed by atoms with van der Waals surface area (Å²) in [5.41, 5.74) is 6.04. The van der Waals surface area contributed by atoms with E-state index in [9.17, 15) is 14.4 Å². The van der Waals surface area contributed by atoms with Crippen molar-refractivity contribution in [3.8, 4) is 0 Å². The summed E-state index contributed by atoms with van der Waals surface area (Å²) in [6, 6.07) is 2.24. The molecule has 1 aromatic heterocycles.